The van der Waals surface area contributed by atoms with Gasteiger partial charge in [0.15, 0.2) is 0 Å². The van der Waals surface area contributed by atoms with Crippen LogP contribution in [0.25, 0.3) is 11.3 Å². The zero-order valence-corrected chi connectivity index (χ0v) is 15.3. The lowest BCUT2D eigenvalue weighted by molar-refractivity contribution is 0.430. The van der Waals surface area contributed by atoms with E-state index in [1.54, 1.807) is 0 Å². The highest BCUT2D eigenvalue weighted by atomic mass is 32.2. The molecule has 128 valence electrons. The van der Waals surface area contributed by atoms with E-state index >= 15 is 0 Å². The van der Waals surface area contributed by atoms with E-state index in [2.05, 4.69) is 19.9 Å². The largest absolute Gasteiger partial charge is 0.506 e. The molecule has 0 saturated carbocycles. The van der Waals surface area contributed by atoms with Gasteiger partial charge in [-0.3, -0.25) is 0 Å². The van der Waals surface area contributed by atoms with Crippen molar-refractivity contribution in [3.05, 3.63) is 76.1 Å². The van der Waals surface area contributed by atoms with Gasteiger partial charge in [-0.15, -0.1) is 0 Å². The van der Waals surface area contributed by atoms with Crippen LogP contribution in [-0.2, 0) is 0 Å². The predicted octanol–water partition coefficient (Wildman–Crippen LogP) is 5.60. The molecule has 3 aromatic rings. The Labute approximate surface area is 151 Å². The molecule has 0 aliphatic carbocycles. The van der Waals surface area contributed by atoms with E-state index in [9.17, 15) is 9.90 Å². The lowest BCUT2D eigenvalue weighted by Crippen LogP contribution is -2.03. The second kappa shape index (κ2) is 7.19. The van der Waals surface area contributed by atoms with Crippen molar-refractivity contribution in [3.8, 4) is 17.1 Å². The molecule has 0 radical (unpaired) electrons. The van der Waals surface area contributed by atoms with Crippen LogP contribution in [0.4, 0.5) is 0 Å². The van der Waals surface area contributed by atoms with Gasteiger partial charge in [-0.1, -0.05) is 73.6 Å². The van der Waals surface area contributed by atoms with Crippen LogP contribution in [0.1, 0.15) is 30.9 Å². The van der Waals surface area contributed by atoms with E-state index in [4.69, 9.17) is 4.42 Å². The Morgan fingerprint density at radius 3 is 2.40 bits per heavy atom. The summed E-state index contributed by atoms with van der Waals surface area (Å²) in [6.07, 6.45) is 0. The van der Waals surface area contributed by atoms with Crippen LogP contribution in [0.3, 0.4) is 0 Å². The van der Waals surface area contributed by atoms with Crippen LogP contribution in [0.5, 0.6) is 5.75 Å². The van der Waals surface area contributed by atoms with Crippen molar-refractivity contribution in [3.63, 3.8) is 0 Å². The maximum atomic E-state index is 12.4. The van der Waals surface area contributed by atoms with Gasteiger partial charge in [0.2, 0.25) is 0 Å². The van der Waals surface area contributed by atoms with Gasteiger partial charge < -0.3 is 9.52 Å². The number of aryl methyl sites for hydroxylation is 1. The molecule has 2 aromatic carbocycles. The normalized spacial score (nSPS) is 11.0. The second-order valence-electron chi connectivity index (χ2n) is 6.28. The number of hydrogen-bond acceptors (Lipinski definition) is 4. The van der Waals surface area contributed by atoms with E-state index in [0.29, 0.717) is 11.7 Å². The average molecular weight is 352 g/mol. The van der Waals surface area contributed by atoms with Crippen molar-refractivity contribution in [2.75, 3.05) is 0 Å². The highest BCUT2D eigenvalue weighted by Crippen LogP contribution is 2.38. The van der Waals surface area contributed by atoms with E-state index in [-0.39, 0.29) is 10.6 Å². The Morgan fingerprint density at radius 1 is 1.04 bits per heavy atom. The van der Waals surface area contributed by atoms with Crippen molar-refractivity contribution >= 4 is 11.8 Å². The molecule has 3 nitrogen and oxygen atoms in total. The van der Waals surface area contributed by atoms with Crippen molar-refractivity contribution in [2.45, 2.75) is 36.5 Å². The molecular formula is C21H20O3S. The summed E-state index contributed by atoms with van der Waals surface area (Å²) in [6.45, 7) is 6.26. The molecule has 0 atom stereocenters. The second-order valence-corrected chi connectivity index (χ2v) is 7.33. The Hall–Kier alpha value is -2.46. The first-order chi connectivity index (χ1) is 12.0. The summed E-state index contributed by atoms with van der Waals surface area (Å²) in [7, 11) is 0. The quantitative estimate of drug-likeness (QED) is 0.664. The summed E-state index contributed by atoms with van der Waals surface area (Å²) in [4.78, 5) is 13.6. The summed E-state index contributed by atoms with van der Waals surface area (Å²) in [6, 6.07) is 16.9. The third-order valence-corrected chi connectivity index (χ3v) is 5.12. The first-order valence-corrected chi connectivity index (χ1v) is 8.98. The summed E-state index contributed by atoms with van der Waals surface area (Å²) in [5.41, 5.74) is 2.54. The Balaban J connectivity index is 2.01. The number of rotatable bonds is 4. The van der Waals surface area contributed by atoms with Gasteiger partial charge in [-0.25, -0.2) is 4.79 Å². The van der Waals surface area contributed by atoms with Gasteiger partial charge in [0.25, 0.3) is 0 Å². The third-order valence-electron chi connectivity index (χ3n) is 3.95. The molecule has 1 aromatic heterocycles. The first kappa shape index (κ1) is 17.4. The fraction of sp³-hybridized carbons (Fsp3) is 0.190. The van der Waals surface area contributed by atoms with E-state index in [1.165, 1.54) is 23.4 Å². The molecule has 0 amide bonds. The molecule has 1 N–H and O–H groups in total. The standard InChI is InChI=1S/C21H20O3S/c1-13(2)16-11-14(3)9-10-19(16)25-20-17(22)12-18(24-21(20)23)15-7-5-4-6-8-15/h4-13,22H,1-3H3. The van der Waals surface area contributed by atoms with Crippen LogP contribution in [-0.4, -0.2) is 5.11 Å². The summed E-state index contributed by atoms with van der Waals surface area (Å²) in [5, 5.41) is 10.4. The molecule has 3 rings (SSSR count). The minimum Gasteiger partial charge on any atom is -0.506 e. The molecule has 0 spiro atoms. The van der Waals surface area contributed by atoms with Gasteiger partial charge in [0.05, 0.1) is 0 Å². The minimum absolute atomic E-state index is 0.0598. The van der Waals surface area contributed by atoms with Gasteiger partial charge >= 0.3 is 5.63 Å². The molecule has 0 unspecified atom stereocenters. The van der Waals surface area contributed by atoms with Crippen LogP contribution in [0.2, 0.25) is 0 Å². The van der Waals surface area contributed by atoms with Crippen LogP contribution in [0, 0.1) is 6.92 Å². The first-order valence-electron chi connectivity index (χ1n) is 8.16. The van der Waals surface area contributed by atoms with Crippen molar-refractivity contribution in [2.24, 2.45) is 0 Å². The fourth-order valence-electron chi connectivity index (χ4n) is 2.63. The monoisotopic (exact) mass is 352 g/mol. The van der Waals surface area contributed by atoms with Gasteiger partial charge in [0.1, 0.15) is 16.4 Å². The smallest absolute Gasteiger partial charge is 0.354 e. The van der Waals surface area contributed by atoms with Crippen molar-refractivity contribution in [1.29, 1.82) is 0 Å². The Bertz CT molecular complexity index is 943. The van der Waals surface area contributed by atoms with Gasteiger partial charge in [0, 0.05) is 16.5 Å². The molecule has 0 fully saturated rings. The summed E-state index contributed by atoms with van der Waals surface area (Å²) >= 11 is 1.25. The zero-order valence-electron chi connectivity index (χ0n) is 14.4. The summed E-state index contributed by atoms with van der Waals surface area (Å²) < 4.78 is 5.44. The average Bonchev–Trinajstić information content (AvgIpc) is 2.59. The number of hydrogen-bond donors (Lipinski definition) is 1. The van der Waals surface area contributed by atoms with Crippen LogP contribution < -0.4 is 5.63 Å². The highest BCUT2D eigenvalue weighted by Gasteiger charge is 2.16. The van der Waals surface area contributed by atoms with Gasteiger partial charge in [-0.2, -0.15) is 0 Å². The molecule has 0 aliphatic heterocycles. The van der Waals surface area contributed by atoms with Crippen LogP contribution >= 0.6 is 11.8 Å². The lowest BCUT2D eigenvalue weighted by Gasteiger charge is -2.13. The van der Waals surface area contributed by atoms with E-state index in [0.717, 1.165) is 16.0 Å². The van der Waals surface area contributed by atoms with Gasteiger partial charge in [-0.05, 0) is 24.5 Å². The molecular weight excluding hydrogens is 332 g/mol. The molecule has 1 heterocycles. The van der Waals surface area contributed by atoms with Crippen LogP contribution in [0.15, 0.2) is 73.6 Å². The predicted molar refractivity (Wildman–Crippen MR) is 101 cm³/mol. The van der Waals surface area contributed by atoms with E-state index in [1.807, 2.05) is 49.4 Å². The topological polar surface area (TPSA) is 50.4 Å². The highest BCUT2D eigenvalue weighted by molar-refractivity contribution is 7.99. The number of aromatic hydroxyl groups is 1. The number of benzene rings is 2. The maximum absolute atomic E-state index is 12.4. The van der Waals surface area contributed by atoms with Crippen molar-refractivity contribution < 1.29 is 9.52 Å². The third kappa shape index (κ3) is 3.80. The Kier molecular flexibility index (Phi) is 5.00. The molecule has 25 heavy (non-hydrogen) atoms. The maximum Gasteiger partial charge on any atom is 0.354 e. The lowest BCUT2D eigenvalue weighted by atomic mass is 10.0. The minimum atomic E-state index is -0.529. The molecule has 0 aliphatic rings. The summed E-state index contributed by atoms with van der Waals surface area (Å²) in [5.74, 6) is 0.621. The molecule has 0 saturated heterocycles. The zero-order chi connectivity index (χ0) is 18.0. The van der Waals surface area contributed by atoms with E-state index < -0.39 is 5.63 Å². The Morgan fingerprint density at radius 2 is 1.76 bits per heavy atom. The SMILES string of the molecule is Cc1ccc(Sc2c(O)cc(-c3ccccc3)oc2=O)c(C(C)C)c1. The van der Waals surface area contributed by atoms with Crippen molar-refractivity contribution in [1.82, 2.24) is 0 Å². The molecule has 4 heteroatoms. The molecule has 0 bridgehead atoms. The fourth-order valence-corrected chi connectivity index (χ4v) is 3.69.